The molecule has 1 aliphatic rings. The van der Waals surface area contributed by atoms with E-state index in [2.05, 4.69) is 28.9 Å². The van der Waals surface area contributed by atoms with Gasteiger partial charge in [0.2, 0.25) is 0 Å². The Kier molecular flexibility index (Phi) is 3.25. The van der Waals surface area contributed by atoms with Gasteiger partial charge in [0.05, 0.1) is 25.3 Å². The summed E-state index contributed by atoms with van der Waals surface area (Å²) in [6.07, 6.45) is 2.05. The summed E-state index contributed by atoms with van der Waals surface area (Å²) in [7, 11) is 1.69. The number of aromatic nitrogens is 1. The van der Waals surface area contributed by atoms with Crippen LogP contribution in [0.15, 0.2) is 30.5 Å². The van der Waals surface area contributed by atoms with Crippen LogP contribution in [0.3, 0.4) is 0 Å². The summed E-state index contributed by atoms with van der Waals surface area (Å²) >= 11 is 0. The van der Waals surface area contributed by atoms with Crippen LogP contribution in [0, 0.1) is 0 Å². The Morgan fingerprint density at radius 2 is 2.26 bits per heavy atom. The first-order chi connectivity index (χ1) is 9.28. The Hall–Kier alpha value is -1.81. The number of nitrogens with zero attached hydrogens (tertiary/aromatic N) is 2. The van der Waals surface area contributed by atoms with E-state index < -0.39 is 0 Å². The van der Waals surface area contributed by atoms with Gasteiger partial charge in [0, 0.05) is 30.4 Å². The first-order valence-electron chi connectivity index (χ1n) is 6.57. The van der Waals surface area contributed by atoms with Crippen molar-refractivity contribution in [3.8, 4) is 5.75 Å². The molecular weight excluding hydrogens is 240 g/mol. The lowest BCUT2D eigenvalue weighted by Gasteiger charge is -2.33. The quantitative estimate of drug-likeness (QED) is 0.829. The number of morpholine rings is 1. The molecule has 1 aromatic carbocycles. The van der Waals surface area contributed by atoms with Gasteiger partial charge < -0.3 is 14.4 Å². The van der Waals surface area contributed by atoms with Gasteiger partial charge in [0.1, 0.15) is 5.75 Å². The Morgan fingerprint density at radius 3 is 3.05 bits per heavy atom. The molecule has 0 radical (unpaired) electrons. The zero-order valence-electron chi connectivity index (χ0n) is 11.3. The molecule has 1 saturated heterocycles. The van der Waals surface area contributed by atoms with E-state index in [0.29, 0.717) is 0 Å². The summed E-state index contributed by atoms with van der Waals surface area (Å²) in [6.45, 7) is 4.74. The molecule has 1 aromatic heterocycles. The maximum absolute atomic E-state index is 5.58. The maximum Gasteiger partial charge on any atom is 0.129 e. The molecule has 4 nitrogen and oxygen atoms in total. The number of fused-ring (bicyclic) bond motifs is 1. The number of rotatable bonds is 2. The van der Waals surface area contributed by atoms with E-state index in [4.69, 9.17) is 9.47 Å². The Morgan fingerprint density at radius 1 is 1.37 bits per heavy atom. The van der Waals surface area contributed by atoms with Crippen LogP contribution in [0.2, 0.25) is 0 Å². The van der Waals surface area contributed by atoms with Crippen molar-refractivity contribution in [2.45, 2.75) is 13.0 Å². The van der Waals surface area contributed by atoms with Gasteiger partial charge in [-0.15, -0.1) is 0 Å². The van der Waals surface area contributed by atoms with E-state index >= 15 is 0 Å². The highest BCUT2D eigenvalue weighted by atomic mass is 16.5. The molecule has 0 N–H and O–H groups in total. The minimum absolute atomic E-state index is 0.278. The maximum atomic E-state index is 5.58. The Bertz CT molecular complexity index is 585. The van der Waals surface area contributed by atoms with Crippen LogP contribution in [-0.4, -0.2) is 37.9 Å². The molecule has 2 heterocycles. The number of methoxy groups -OCH3 is 1. The van der Waals surface area contributed by atoms with E-state index in [-0.39, 0.29) is 6.10 Å². The molecule has 19 heavy (non-hydrogen) atoms. The highest BCUT2D eigenvalue weighted by Crippen LogP contribution is 2.28. The number of pyridine rings is 1. The predicted octanol–water partition coefficient (Wildman–Crippen LogP) is 2.47. The minimum Gasteiger partial charge on any atom is -0.496 e. The summed E-state index contributed by atoms with van der Waals surface area (Å²) in [6, 6.07) is 8.22. The SMILES string of the molecule is COc1ccnc2ccc(N3CCOC(C)C3)cc12. The average Bonchev–Trinajstić information content (AvgIpc) is 2.46. The molecule has 100 valence electrons. The molecule has 4 heteroatoms. The number of hydrogen-bond acceptors (Lipinski definition) is 4. The topological polar surface area (TPSA) is 34.6 Å². The molecule has 0 amide bonds. The Balaban J connectivity index is 2.00. The molecule has 0 spiro atoms. The van der Waals surface area contributed by atoms with Gasteiger partial charge in [0.15, 0.2) is 0 Å². The summed E-state index contributed by atoms with van der Waals surface area (Å²) in [5.74, 6) is 0.869. The van der Waals surface area contributed by atoms with Crippen LogP contribution in [0.1, 0.15) is 6.92 Å². The van der Waals surface area contributed by atoms with Gasteiger partial charge in [-0.3, -0.25) is 4.98 Å². The summed E-state index contributed by atoms with van der Waals surface area (Å²) < 4.78 is 11.0. The van der Waals surface area contributed by atoms with Crippen LogP contribution < -0.4 is 9.64 Å². The molecule has 3 rings (SSSR count). The predicted molar refractivity (Wildman–Crippen MR) is 75.9 cm³/mol. The number of hydrogen-bond donors (Lipinski definition) is 0. The summed E-state index contributed by atoms with van der Waals surface area (Å²) in [4.78, 5) is 6.72. The smallest absolute Gasteiger partial charge is 0.129 e. The zero-order valence-corrected chi connectivity index (χ0v) is 11.3. The fourth-order valence-electron chi connectivity index (χ4n) is 2.54. The van der Waals surface area contributed by atoms with Gasteiger partial charge in [-0.25, -0.2) is 0 Å². The molecule has 0 aliphatic carbocycles. The second-order valence-electron chi connectivity index (χ2n) is 4.84. The monoisotopic (exact) mass is 258 g/mol. The van der Waals surface area contributed by atoms with Gasteiger partial charge in [-0.2, -0.15) is 0 Å². The lowest BCUT2D eigenvalue weighted by molar-refractivity contribution is 0.0532. The summed E-state index contributed by atoms with van der Waals surface area (Å²) in [5.41, 5.74) is 2.17. The number of ether oxygens (including phenoxy) is 2. The highest BCUT2D eigenvalue weighted by molar-refractivity contribution is 5.88. The van der Waals surface area contributed by atoms with E-state index in [0.717, 1.165) is 36.3 Å². The molecule has 0 saturated carbocycles. The third-order valence-corrected chi connectivity index (χ3v) is 3.51. The van der Waals surface area contributed by atoms with Crippen LogP contribution >= 0.6 is 0 Å². The first-order valence-corrected chi connectivity index (χ1v) is 6.57. The molecule has 0 bridgehead atoms. The number of anilines is 1. The fraction of sp³-hybridized carbons (Fsp3) is 0.400. The second-order valence-corrected chi connectivity index (χ2v) is 4.84. The van der Waals surface area contributed by atoms with Crippen molar-refractivity contribution in [2.75, 3.05) is 31.7 Å². The second kappa shape index (κ2) is 5.05. The lowest BCUT2D eigenvalue weighted by atomic mass is 10.1. The average molecular weight is 258 g/mol. The Labute approximate surface area is 113 Å². The largest absolute Gasteiger partial charge is 0.496 e. The standard InChI is InChI=1S/C15H18N2O2/c1-11-10-17(7-8-19-11)12-3-4-14-13(9-12)15(18-2)5-6-16-14/h3-6,9,11H,7-8,10H2,1-2H3. The minimum atomic E-state index is 0.278. The van der Waals surface area contributed by atoms with Crippen molar-refractivity contribution in [3.05, 3.63) is 30.5 Å². The van der Waals surface area contributed by atoms with Gasteiger partial charge in [-0.1, -0.05) is 0 Å². The summed E-state index contributed by atoms with van der Waals surface area (Å²) in [5, 5.41) is 1.06. The zero-order chi connectivity index (χ0) is 13.2. The van der Waals surface area contributed by atoms with Crippen molar-refractivity contribution in [3.63, 3.8) is 0 Å². The first kappa shape index (κ1) is 12.2. The van der Waals surface area contributed by atoms with Crippen molar-refractivity contribution in [1.29, 1.82) is 0 Å². The molecule has 1 unspecified atom stereocenters. The van der Waals surface area contributed by atoms with Crippen molar-refractivity contribution < 1.29 is 9.47 Å². The fourth-order valence-corrected chi connectivity index (χ4v) is 2.54. The molecule has 1 aliphatic heterocycles. The van der Waals surface area contributed by atoms with E-state index in [1.807, 2.05) is 12.1 Å². The highest BCUT2D eigenvalue weighted by Gasteiger charge is 2.17. The van der Waals surface area contributed by atoms with Gasteiger partial charge in [0.25, 0.3) is 0 Å². The number of benzene rings is 1. The van der Waals surface area contributed by atoms with Crippen LogP contribution in [0.25, 0.3) is 10.9 Å². The third-order valence-electron chi connectivity index (χ3n) is 3.51. The molecule has 1 atom stereocenters. The lowest BCUT2D eigenvalue weighted by Crippen LogP contribution is -2.41. The van der Waals surface area contributed by atoms with Crippen molar-refractivity contribution >= 4 is 16.6 Å². The third kappa shape index (κ3) is 2.36. The van der Waals surface area contributed by atoms with E-state index in [1.54, 1.807) is 13.3 Å². The van der Waals surface area contributed by atoms with Crippen molar-refractivity contribution in [2.24, 2.45) is 0 Å². The molecular formula is C15H18N2O2. The van der Waals surface area contributed by atoms with Gasteiger partial charge >= 0.3 is 0 Å². The van der Waals surface area contributed by atoms with Gasteiger partial charge in [-0.05, 0) is 31.2 Å². The van der Waals surface area contributed by atoms with Crippen LogP contribution in [0.4, 0.5) is 5.69 Å². The molecule has 2 aromatic rings. The molecule has 1 fully saturated rings. The van der Waals surface area contributed by atoms with Crippen LogP contribution in [-0.2, 0) is 4.74 Å². The van der Waals surface area contributed by atoms with E-state index in [1.165, 1.54) is 5.69 Å². The van der Waals surface area contributed by atoms with Crippen molar-refractivity contribution in [1.82, 2.24) is 4.98 Å². The normalized spacial score (nSPS) is 19.7. The van der Waals surface area contributed by atoms with Crippen LogP contribution in [0.5, 0.6) is 5.75 Å². The van der Waals surface area contributed by atoms with E-state index in [9.17, 15) is 0 Å².